The number of carbonyl (C=O) groups is 2. The van der Waals surface area contributed by atoms with Crippen molar-refractivity contribution in [2.24, 2.45) is 0 Å². The summed E-state index contributed by atoms with van der Waals surface area (Å²) in [4.78, 5) is 29.2. The zero-order valence-electron chi connectivity index (χ0n) is 14.5. The molecule has 24 heavy (non-hydrogen) atoms. The van der Waals surface area contributed by atoms with Gasteiger partial charge in [0.2, 0.25) is 0 Å². The molecule has 0 bridgehead atoms. The van der Waals surface area contributed by atoms with Gasteiger partial charge in [0.1, 0.15) is 4.88 Å². The first kappa shape index (κ1) is 18.1. The first-order valence-electron chi connectivity index (χ1n) is 7.97. The molecule has 0 fully saturated rings. The number of nitrogens with zero attached hydrogens (tertiary/aromatic N) is 1. The van der Waals surface area contributed by atoms with Crippen LogP contribution in [0.25, 0.3) is 0 Å². The maximum atomic E-state index is 12.4. The smallest absolute Gasteiger partial charge is 0.267 e. The number of aromatic nitrogens is 1. The monoisotopic (exact) mass is 345 g/mol. The number of rotatable bonds is 5. The van der Waals surface area contributed by atoms with Gasteiger partial charge in [0, 0.05) is 23.2 Å². The molecule has 0 saturated carbocycles. The minimum absolute atomic E-state index is 0.0829. The number of thiazole rings is 1. The van der Waals surface area contributed by atoms with E-state index < -0.39 is 0 Å². The fourth-order valence-electron chi connectivity index (χ4n) is 2.00. The Morgan fingerprint density at radius 1 is 1.21 bits per heavy atom. The zero-order valence-corrected chi connectivity index (χ0v) is 15.3. The van der Waals surface area contributed by atoms with E-state index in [1.54, 1.807) is 30.5 Å². The molecule has 0 atom stereocenters. The number of hydrogen-bond acceptors (Lipinski definition) is 4. The number of carbonyl (C=O) groups excluding carboxylic acids is 2. The summed E-state index contributed by atoms with van der Waals surface area (Å²) in [6, 6.07) is 6.92. The number of hydrogen-bond donors (Lipinski definition) is 2. The third-order valence-corrected chi connectivity index (χ3v) is 4.71. The highest BCUT2D eigenvalue weighted by atomic mass is 32.1. The standard InChI is InChI=1S/C18H23N3O2S/c1-5-9-19-15(22)12-7-6-8-13(10-12)21-16(23)14-11-20-17(24-14)18(2,3)4/h6-8,10-11H,5,9H2,1-4H3,(H,19,22)(H,21,23). The van der Waals surface area contributed by atoms with Gasteiger partial charge in [0.05, 0.1) is 11.2 Å². The van der Waals surface area contributed by atoms with Gasteiger partial charge in [-0.15, -0.1) is 11.3 Å². The normalized spacial score (nSPS) is 11.2. The van der Waals surface area contributed by atoms with Gasteiger partial charge in [0.15, 0.2) is 0 Å². The average molecular weight is 345 g/mol. The molecule has 2 N–H and O–H groups in total. The summed E-state index contributed by atoms with van der Waals surface area (Å²) >= 11 is 1.39. The third kappa shape index (κ3) is 4.64. The van der Waals surface area contributed by atoms with Gasteiger partial charge in [-0.2, -0.15) is 0 Å². The molecule has 1 heterocycles. The van der Waals surface area contributed by atoms with Crippen LogP contribution in [-0.4, -0.2) is 23.3 Å². The van der Waals surface area contributed by atoms with Crippen LogP contribution in [0, 0.1) is 0 Å². The van der Waals surface area contributed by atoms with Gasteiger partial charge in [-0.3, -0.25) is 9.59 Å². The lowest BCUT2D eigenvalue weighted by Gasteiger charge is -2.13. The van der Waals surface area contributed by atoms with E-state index in [0.29, 0.717) is 22.7 Å². The van der Waals surface area contributed by atoms with Crippen molar-refractivity contribution in [2.45, 2.75) is 39.5 Å². The van der Waals surface area contributed by atoms with Crippen LogP contribution in [0.1, 0.15) is 59.2 Å². The lowest BCUT2D eigenvalue weighted by atomic mass is 9.98. The van der Waals surface area contributed by atoms with Crippen molar-refractivity contribution in [3.05, 3.63) is 45.9 Å². The molecule has 2 rings (SSSR count). The van der Waals surface area contributed by atoms with Crippen LogP contribution in [0.5, 0.6) is 0 Å². The van der Waals surface area contributed by atoms with Crippen molar-refractivity contribution in [3.8, 4) is 0 Å². The van der Waals surface area contributed by atoms with E-state index in [9.17, 15) is 9.59 Å². The maximum absolute atomic E-state index is 12.4. The maximum Gasteiger partial charge on any atom is 0.267 e. The van der Waals surface area contributed by atoms with E-state index in [2.05, 4.69) is 36.4 Å². The minimum atomic E-state index is -0.214. The van der Waals surface area contributed by atoms with Gasteiger partial charge in [-0.25, -0.2) is 4.98 Å². The van der Waals surface area contributed by atoms with Crippen molar-refractivity contribution < 1.29 is 9.59 Å². The predicted octanol–water partition coefficient (Wildman–Crippen LogP) is 3.83. The fourth-order valence-corrected chi connectivity index (χ4v) is 2.87. The number of benzene rings is 1. The van der Waals surface area contributed by atoms with E-state index in [0.717, 1.165) is 11.4 Å². The highest BCUT2D eigenvalue weighted by Gasteiger charge is 2.20. The Hall–Kier alpha value is -2.21. The molecule has 2 aromatic rings. The highest BCUT2D eigenvalue weighted by molar-refractivity contribution is 7.13. The van der Waals surface area contributed by atoms with Gasteiger partial charge in [-0.05, 0) is 24.6 Å². The summed E-state index contributed by atoms with van der Waals surface area (Å²) < 4.78 is 0. The van der Waals surface area contributed by atoms with E-state index >= 15 is 0 Å². The lowest BCUT2D eigenvalue weighted by Crippen LogP contribution is -2.24. The fraction of sp³-hybridized carbons (Fsp3) is 0.389. The topological polar surface area (TPSA) is 71.1 Å². The summed E-state index contributed by atoms with van der Waals surface area (Å²) in [7, 11) is 0. The van der Waals surface area contributed by atoms with Crippen molar-refractivity contribution in [3.63, 3.8) is 0 Å². The molecule has 128 valence electrons. The van der Waals surface area contributed by atoms with Crippen LogP contribution in [0.3, 0.4) is 0 Å². The predicted molar refractivity (Wildman–Crippen MR) is 97.8 cm³/mol. The molecule has 0 aliphatic heterocycles. The quantitative estimate of drug-likeness (QED) is 0.865. The van der Waals surface area contributed by atoms with E-state index in [1.165, 1.54) is 11.3 Å². The van der Waals surface area contributed by atoms with Gasteiger partial charge in [0.25, 0.3) is 11.8 Å². The molecule has 0 aliphatic carbocycles. The molecule has 6 heteroatoms. The molecule has 1 aromatic heterocycles. The second-order valence-corrected chi connectivity index (χ2v) is 7.60. The van der Waals surface area contributed by atoms with Gasteiger partial charge >= 0.3 is 0 Å². The summed E-state index contributed by atoms with van der Waals surface area (Å²) in [5.74, 6) is -0.352. The summed E-state index contributed by atoms with van der Waals surface area (Å²) in [6.07, 6.45) is 2.47. The Morgan fingerprint density at radius 3 is 2.58 bits per heavy atom. The van der Waals surface area contributed by atoms with Crippen LogP contribution in [0.2, 0.25) is 0 Å². The SMILES string of the molecule is CCCNC(=O)c1cccc(NC(=O)c2cnc(C(C)(C)C)s2)c1. The van der Waals surface area contributed by atoms with E-state index in [4.69, 9.17) is 0 Å². The Morgan fingerprint density at radius 2 is 1.96 bits per heavy atom. The molecule has 0 radical (unpaired) electrons. The summed E-state index contributed by atoms with van der Waals surface area (Å²) in [5, 5.41) is 6.56. The third-order valence-electron chi connectivity index (χ3n) is 3.29. The Labute approximate surface area is 146 Å². The molecule has 0 saturated heterocycles. The molecule has 0 aliphatic rings. The second-order valence-electron chi connectivity index (χ2n) is 6.57. The number of amides is 2. The molecule has 0 unspecified atom stereocenters. The molecular formula is C18H23N3O2S. The summed E-state index contributed by atoms with van der Waals surface area (Å²) in [6.45, 7) is 8.81. The first-order valence-corrected chi connectivity index (χ1v) is 8.79. The number of anilines is 1. The first-order chi connectivity index (χ1) is 11.3. The molecule has 5 nitrogen and oxygen atoms in total. The van der Waals surface area contributed by atoms with E-state index in [-0.39, 0.29) is 17.2 Å². The Kier molecular flexibility index (Phi) is 5.72. The van der Waals surface area contributed by atoms with Crippen molar-refractivity contribution in [2.75, 3.05) is 11.9 Å². The lowest BCUT2D eigenvalue weighted by molar-refractivity contribution is 0.0952. The molecule has 1 aromatic carbocycles. The van der Waals surface area contributed by atoms with E-state index in [1.807, 2.05) is 6.92 Å². The van der Waals surface area contributed by atoms with Crippen molar-refractivity contribution in [1.29, 1.82) is 0 Å². The molecule has 0 spiro atoms. The van der Waals surface area contributed by atoms with Crippen LogP contribution in [0.4, 0.5) is 5.69 Å². The Balaban J connectivity index is 2.09. The van der Waals surface area contributed by atoms with Gasteiger partial charge in [-0.1, -0.05) is 33.8 Å². The molecule has 2 amide bonds. The average Bonchev–Trinajstić information content (AvgIpc) is 3.03. The van der Waals surface area contributed by atoms with Crippen LogP contribution in [0.15, 0.2) is 30.5 Å². The minimum Gasteiger partial charge on any atom is -0.352 e. The van der Waals surface area contributed by atoms with Crippen molar-refractivity contribution in [1.82, 2.24) is 10.3 Å². The zero-order chi connectivity index (χ0) is 17.7. The van der Waals surface area contributed by atoms with Crippen LogP contribution >= 0.6 is 11.3 Å². The molecular weight excluding hydrogens is 322 g/mol. The largest absolute Gasteiger partial charge is 0.352 e. The van der Waals surface area contributed by atoms with Gasteiger partial charge < -0.3 is 10.6 Å². The Bertz CT molecular complexity index is 732. The second kappa shape index (κ2) is 7.57. The van der Waals surface area contributed by atoms with Crippen LogP contribution in [-0.2, 0) is 5.41 Å². The van der Waals surface area contributed by atoms with Crippen LogP contribution < -0.4 is 10.6 Å². The number of nitrogens with one attached hydrogen (secondary N) is 2. The van der Waals surface area contributed by atoms with Crippen molar-refractivity contribution >= 4 is 28.8 Å². The summed E-state index contributed by atoms with van der Waals surface area (Å²) in [5.41, 5.74) is 1.04. The highest BCUT2D eigenvalue weighted by Crippen LogP contribution is 2.27.